The van der Waals surface area contributed by atoms with Crippen molar-refractivity contribution >= 4 is 23.6 Å². The van der Waals surface area contributed by atoms with Gasteiger partial charge in [-0.3, -0.25) is 0 Å². The highest BCUT2D eigenvalue weighted by Crippen LogP contribution is 2.59. The van der Waals surface area contributed by atoms with E-state index in [9.17, 15) is 10.0 Å². The molecule has 3 nitrogen and oxygen atoms in total. The van der Waals surface area contributed by atoms with E-state index in [1.807, 2.05) is 0 Å². The van der Waals surface area contributed by atoms with Crippen molar-refractivity contribution < 1.29 is 14.5 Å². The summed E-state index contributed by atoms with van der Waals surface area (Å²) >= 11 is 0. The first kappa shape index (κ1) is 21.0. The maximum atomic E-state index is 10.3. The molecule has 1 heterocycles. The maximum absolute atomic E-state index is 10.3. The lowest BCUT2D eigenvalue weighted by atomic mass is 9.53. The van der Waals surface area contributed by atoms with E-state index in [0.29, 0.717) is 22.7 Å². The smallest absolute Gasteiger partial charge is 0.461 e. The molecule has 1 fully saturated rings. The van der Waals surface area contributed by atoms with Gasteiger partial charge in [-0.15, -0.1) is 0 Å². The van der Waals surface area contributed by atoms with Crippen LogP contribution < -0.4 is 5.46 Å². The van der Waals surface area contributed by atoms with E-state index in [1.165, 1.54) is 36.8 Å². The van der Waals surface area contributed by atoms with E-state index in [1.54, 1.807) is 0 Å². The number of hydrogen-bond donors (Lipinski definition) is 2. The number of benzene rings is 1. The molecule has 2 aliphatic rings. The molecule has 0 saturated heterocycles. The first-order valence-corrected chi connectivity index (χ1v) is 11.6. The predicted molar refractivity (Wildman–Crippen MR) is 121 cm³/mol. The Balaban J connectivity index is 2.09. The third-order valence-electron chi connectivity index (χ3n) is 8.38. The highest BCUT2D eigenvalue weighted by molar-refractivity contribution is 6.62. The van der Waals surface area contributed by atoms with E-state index in [2.05, 4.69) is 47.6 Å². The Hall–Kier alpha value is -1.26. The Morgan fingerprint density at radius 3 is 2.45 bits per heavy atom. The molecule has 2 aromatic rings. The average molecular weight is 396 g/mol. The zero-order valence-corrected chi connectivity index (χ0v) is 19.1. The van der Waals surface area contributed by atoms with Gasteiger partial charge in [0.15, 0.2) is 0 Å². The van der Waals surface area contributed by atoms with Gasteiger partial charge in [0.25, 0.3) is 0 Å². The summed E-state index contributed by atoms with van der Waals surface area (Å²) in [6.07, 6.45) is 7.74. The second-order valence-corrected chi connectivity index (χ2v) is 10.5. The summed E-state index contributed by atoms with van der Waals surface area (Å²) < 4.78 is 6.58. The first-order chi connectivity index (χ1) is 13.7. The van der Waals surface area contributed by atoms with Crippen molar-refractivity contribution in [1.29, 1.82) is 0 Å². The van der Waals surface area contributed by atoms with Gasteiger partial charge >= 0.3 is 7.12 Å². The first-order valence-electron chi connectivity index (χ1n) is 11.6. The Morgan fingerprint density at radius 2 is 1.83 bits per heavy atom. The van der Waals surface area contributed by atoms with Crippen LogP contribution in [-0.4, -0.2) is 17.2 Å². The summed E-state index contributed by atoms with van der Waals surface area (Å²) in [7, 11) is -1.50. The fourth-order valence-corrected chi connectivity index (χ4v) is 6.99. The Morgan fingerprint density at radius 1 is 1.10 bits per heavy atom. The quantitative estimate of drug-likeness (QED) is 0.700. The van der Waals surface area contributed by atoms with Crippen LogP contribution >= 0.6 is 0 Å². The molecule has 0 amide bonds. The Kier molecular flexibility index (Phi) is 5.19. The summed E-state index contributed by atoms with van der Waals surface area (Å²) in [5.41, 5.74) is 5.33. The molecule has 1 aromatic carbocycles. The highest BCUT2D eigenvalue weighted by atomic mass is 16.4. The number of aryl methyl sites for hydroxylation is 1. The van der Waals surface area contributed by atoms with Gasteiger partial charge in [0.05, 0.1) is 0 Å². The third-order valence-corrected chi connectivity index (χ3v) is 8.38. The van der Waals surface area contributed by atoms with Crippen molar-refractivity contribution in [1.82, 2.24) is 0 Å². The van der Waals surface area contributed by atoms with Crippen LogP contribution in [-0.2, 0) is 18.3 Å². The molecule has 29 heavy (non-hydrogen) atoms. The highest BCUT2D eigenvalue weighted by Gasteiger charge is 2.51. The zero-order valence-electron chi connectivity index (χ0n) is 19.1. The molecule has 0 radical (unpaired) electrons. The van der Waals surface area contributed by atoms with Crippen LogP contribution in [0.25, 0.3) is 11.0 Å². The van der Waals surface area contributed by atoms with E-state index in [4.69, 9.17) is 4.42 Å². The van der Waals surface area contributed by atoms with Gasteiger partial charge in [0.2, 0.25) is 0 Å². The van der Waals surface area contributed by atoms with Crippen molar-refractivity contribution in [2.24, 2.45) is 11.3 Å². The predicted octanol–water partition coefficient (Wildman–Crippen LogP) is 5.22. The molecule has 3 atom stereocenters. The minimum atomic E-state index is -1.50. The van der Waals surface area contributed by atoms with Crippen molar-refractivity contribution in [3.05, 3.63) is 28.5 Å². The summed E-state index contributed by atoms with van der Waals surface area (Å²) in [6, 6.07) is 2.31. The van der Waals surface area contributed by atoms with E-state index >= 15 is 0 Å². The van der Waals surface area contributed by atoms with Gasteiger partial charge in [-0.1, -0.05) is 48.0 Å². The molecule has 4 heteroatoms. The summed E-state index contributed by atoms with van der Waals surface area (Å²) in [6.45, 7) is 13.9. The second kappa shape index (κ2) is 7.16. The molecule has 2 aliphatic carbocycles. The Labute approximate surface area is 176 Å². The van der Waals surface area contributed by atoms with Crippen LogP contribution in [0.3, 0.4) is 0 Å². The normalized spacial score (nSPS) is 28.7. The van der Waals surface area contributed by atoms with Gasteiger partial charge in [-0.25, -0.2) is 0 Å². The minimum Gasteiger partial charge on any atom is -0.461 e. The summed E-state index contributed by atoms with van der Waals surface area (Å²) in [4.78, 5) is 0. The fraction of sp³-hybridized carbons (Fsp3) is 0.680. The standard InChI is InChI=1S/C25H37BO3/c1-7-16-14-18-20-22(29-23(18)21(26(27)28)17(16)8-2)15(3)10-11-19-24(4,5)12-9-13-25(19,20)6/h14-15,19,27-28H,7-13H2,1-6H3/t15?,19-,25-/m1/s1. The van der Waals surface area contributed by atoms with E-state index in [-0.39, 0.29) is 5.41 Å². The van der Waals surface area contributed by atoms with Gasteiger partial charge in [-0.05, 0) is 72.5 Å². The molecular formula is C25H37BO3. The van der Waals surface area contributed by atoms with E-state index in [0.717, 1.165) is 41.6 Å². The Bertz CT molecular complexity index is 926. The molecule has 0 bridgehead atoms. The van der Waals surface area contributed by atoms with Crippen LogP contribution in [0.2, 0.25) is 0 Å². The maximum Gasteiger partial charge on any atom is 0.492 e. The largest absolute Gasteiger partial charge is 0.492 e. The van der Waals surface area contributed by atoms with Crippen LogP contribution in [0.5, 0.6) is 0 Å². The van der Waals surface area contributed by atoms with Crippen LogP contribution in [0, 0.1) is 11.3 Å². The van der Waals surface area contributed by atoms with Crippen molar-refractivity contribution in [2.75, 3.05) is 0 Å². The molecule has 1 saturated carbocycles. The molecule has 1 unspecified atom stereocenters. The number of furan rings is 1. The molecule has 0 aliphatic heterocycles. The van der Waals surface area contributed by atoms with Gasteiger partial charge < -0.3 is 14.5 Å². The lowest BCUT2D eigenvalue weighted by Gasteiger charge is -2.50. The number of hydrogen-bond acceptors (Lipinski definition) is 3. The molecule has 2 N–H and O–H groups in total. The van der Waals surface area contributed by atoms with E-state index < -0.39 is 7.12 Å². The van der Waals surface area contributed by atoms with Gasteiger partial charge in [-0.2, -0.15) is 0 Å². The summed E-state index contributed by atoms with van der Waals surface area (Å²) in [5.74, 6) is 2.07. The van der Waals surface area contributed by atoms with Crippen molar-refractivity contribution in [2.45, 2.75) is 97.8 Å². The topological polar surface area (TPSA) is 53.6 Å². The van der Waals surface area contributed by atoms with Gasteiger partial charge in [0, 0.05) is 22.3 Å². The monoisotopic (exact) mass is 396 g/mol. The minimum absolute atomic E-state index is 0.0729. The SMILES string of the molecule is CCc1cc2c3c(oc2c(B(O)O)c1CC)C(C)CC[C@@H]1C(C)(C)CCC[C@@]31C. The molecule has 4 rings (SSSR count). The average Bonchev–Trinajstić information content (AvgIpc) is 2.99. The molecule has 0 spiro atoms. The number of rotatable bonds is 3. The molecule has 158 valence electrons. The molecule has 1 aromatic heterocycles. The van der Waals surface area contributed by atoms with Gasteiger partial charge in [0.1, 0.15) is 11.3 Å². The lowest BCUT2D eigenvalue weighted by Crippen LogP contribution is -2.44. The van der Waals surface area contributed by atoms with Crippen LogP contribution in [0.4, 0.5) is 0 Å². The lowest BCUT2D eigenvalue weighted by molar-refractivity contribution is 0.0504. The van der Waals surface area contributed by atoms with Crippen molar-refractivity contribution in [3.63, 3.8) is 0 Å². The molecular weight excluding hydrogens is 359 g/mol. The zero-order chi connectivity index (χ0) is 21.1. The van der Waals surface area contributed by atoms with Crippen LogP contribution in [0.1, 0.15) is 102 Å². The second-order valence-electron chi connectivity index (χ2n) is 10.5. The van der Waals surface area contributed by atoms with Crippen molar-refractivity contribution in [3.8, 4) is 0 Å². The van der Waals surface area contributed by atoms with Crippen LogP contribution in [0.15, 0.2) is 10.5 Å². The summed E-state index contributed by atoms with van der Waals surface area (Å²) in [5, 5.41) is 21.8. The number of fused-ring (bicyclic) bond motifs is 5. The third kappa shape index (κ3) is 3.01. The fourth-order valence-electron chi connectivity index (χ4n) is 6.99.